The van der Waals surface area contributed by atoms with E-state index >= 15 is 0 Å². The van der Waals surface area contributed by atoms with E-state index in [-0.39, 0.29) is 5.91 Å². The van der Waals surface area contributed by atoms with E-state index in [2.05, 4.69) is 23.5 Å². The molecule has 0 unspecified atom stereocenters. The molecule has 0 aromatic carbocycles. The zero-order chi connectivity index (χ0) is 15.4. The van der Waals surface area contributed by atoms with Crippen LogP contribution in [0.3, 0.4) is 0 Å². The molecule has 1 saturated carbocycles. The van der Waals surface area contributed by atoms with Crippen molar-refractivity contribution < 1.29 is 4.79 Å². The highest BCUT2D eigenvalue weighted by molar-refractivity contribution is 7.14. The number of hydrazone groups is 1. The zero-order valence-electron chi connectivity index (χ0n) is 13.5. The molecule has 1 aromatic rings. The van der Waals surface area contributed by atoms with Gasteiger partial charge in [0.25, 0.3) is 5.91 Å². The average Bonchev–Trinajstić information content (AvgIpc) is 2.79. The Labute approximate surface area is 137 Å². The number of carbonyl (C=O) groups excluding carboxylic acids is 1. The monoisotopic (exact) mass is 318 g/mol. The van der Waals surface area contributed by atoms with Crippen molar-refractivity contribution in [2.75, 3.05) is 0 Å². The van der Waals surface area contributed by atoms with Crippen LogP contribution in [0.25, 0.3) is 0 Å². The third-order valence-corrected chi connectivity index (χ3v) is 6.22. The van der Waals surface area contributed by atoms with E-state index in [9.17, 15) is 4.79 Å². The van der Waals surface area contributed by atoms with E-state index in [1.165, 1.54) is 54.7 Å². The molecule has 4 heteroatoms. The molecule has 0 bridgehead atoms. The van der Waals surface area contributed by atoms with E-state index in [0.29, 0.717) is 0 Å². The molecule has 0 saturated heterocycles. The molecule has 0 radical (unpaired) electrons. The predicted octanol–water partition coefficient (Wildman–Crippen LogP) is 4.70. The Morgan fingerprint density at radius 2 is 2.05 bits per heavy atom. The molecule has 22 heavy (non-hydrogen) atoms. The number of hydrogen-bond donors (Lipinski definition) is 1. The first kappa shape index (κ1) is 15.7. The Balaban J connectivity index is 1.63. The number of fused-ring (bicyclic) bond motifs is 1. The van der Waals surface area contributed by atoms with Crippen LogP contribution >= 0.6 is 11.3 Å². The Kier molecular flexibility index (Phi) is 5.29. The smallest absolute Gasteiger partial charge is 0.266 e. The molecule has 1 amide bonds. The second-order valence-electron chi connectivity index (χ2n) is 6.61. The number of nitrogens with one attached hydrogen (secondary N) is 1. The van der Waals surface area contributed by atoms with Gasteiger partial charge in [-0.25, -0.2) is 5.43 Å². The first-order valence-corrected chi connectivity index (χ1v) is 9.55. The van der Waals surface area contributed by atoms with Crippen LogP contribution < -0.4 is 5.43 Å². The fourth-order valence-corrected chi connectivity index (χ4v) is 4.59. The van der Waals surface area contributed by atoms with Gasteiger partial charge in [-0.1, -0.05) is 26.2 Å². The maximum absolute atomic E-state index is 12.3. The summed E-state index contributed by atoms with van der Waals surface area (Å²) in [6.07, 6.45) is 11.9. The minimum atomic E-state index is -0.0239. The van der Waals surface area contributed by atoms with Gasteiger partial charge < -0.3 is 0 Å². The van der Waals surface area contributed by atoms with E-state index < -0.39 is 0 Å². The van der Waals surface area contributed by atoms with Crippen molar-refractivity contribution in [3.05, 3.63) is 21.4 Å². The first-order chi connectivity index (χ1) is 10.8. The molecule has 1 N–H and O–H groups in total. The molecule has 0 spiro atoms. The highest BCUT2D eigenvalue weighted by Gasteiger charge is 2.22. The summed E-state index contributed by atoms with van der Waals surface area (Å²) >= 11 is 1.67. The van der Waals surface area contributed by atoms with Gasteiger partial charge in [0.05, 0.1) is 4.88 Å². The summed E-state index contributed by atoms with van der Waals surface area (Å²) in [7, 11) is 0. The Bertz CT molecular complexity index is 551. The standard InChI is InChI=1S/C18H26N2OS/c1-2-13-9-10-16-14(11-13)12-17(22-16)18(21)20-19-15-7-5-3-4-6-8-15/h12-13H,2-11H2,1H3,(H,20,21)/t13-/m0/s1. The quantitative estimate of drug-likeness (QED) is 0.637. The molecule has 0 aliphatic heterocycles. The molecule has 1 fully saturated rings. The van der Waals surface area contributed by atoms with Gasteiger partial charge in [0, 0.05) is 10.6 Å². The molecule has 1 heterocycles. The SMILES string of the molecule is CC[C@H]1CCc2sc(C(=O)NN=C3CCCCCC3)cc2C1. The lowest BCUT2D eigenvalue weighted by molar-refractivity contribution is 0.0958. The first-order valence-electron chi connectivity index (χ1n) is 8.73. The third kappa shape index (κ3) is 3.78. The number of hydrogen-bond acceptors (Lipinski definition) is 3. The van der Waals surface area contributed by atoms with Crippen LogP contribution in [-0.4, -0.2) is 11.6 Å². The molecular formula is C18H26N2OS. The maximum Gasteiger partial charge on any atom is 0.281 e. The lowest BCUT2D eigenvalue weighted by Crippen LogP contribution is -2.18. The van der Waals surface area contributed by atoms with Gasteiger partial charge in [-0.15, -0.1) is 11.3 Å². The van der Waals surface area contributed by atoms with Crippen LogP contribution in [0.15, 0.2) is 11.2 Å². The summed E-state index contributed by atoms with van der Waals surface area (Å²) in [4.78, 5) is 14.6. The largest absolute Gasteiger partial charge is 0.281 e. The second-order valence-corrected chi connectivity index (χ2v) is 7.75. The number of carbonyl (C=O) groups is 1. The Morgan fingerprint density at radius 3 is 2.77 bits per heavy atom. The van der Waals surface area contributed by atoms with E-state index in [4.69, 9.17) is 0 Å². The summed E-state index contributed by atoms with van der Waals surface area (Å²) in [5.41, 5.74) is 5.35. The van der Waals surface area contributed by atoms with E-state index in [1.54, 1.807) is 11.3 Å². The van der Waals surface area contributed by atoms with E-state index in [0.717, 1.165) is 36.5 Å². The van der Waals surface area contributed by atoms with Crippen LogP contribution in [0.1, 0.15) is 78.4 Å². The van der Waals surface area contributed by atoms with Crippen LogP contribution in [0, 0.1) is 5.92 Å². The van der Waals surface area contributed by atoms with Crippen molar-refractivity contribution >= 4 is 23.0 Å². The van der Waals surface area contributed by atoms with Crippen LogP contribution in [-0.2, 0) is 12.8 Å². The number of nitrogens with zero attached hydrogens (tertiary/aromatic N) is 1. The topological polar surface area (TPSA) is 41.5 Å². The predicted molar refractivity (Wildman–Crippen MR) is 92.7 cm³/mol. The maximum atomic E-state index is 12.3. The fraction of sp³-hybridized carbons (Fsp3) is 0.667. The number of thiophene rings is 1. The summed E-state index contributed by atoms with van der Waals surface area (Å²) < 4.78 is 0. The van der Waals surface area contributed by atoms with Gasteiger partial charge in [-0.2, -0.15) is 5.10 Å². The molecule has 3 nitrogen and oxygen atoms in total. The van der Waals surface area contributed by atoms with Crippen LogP contribution in [0.5, 0.6) is 0 Å². The molecule has 1 aromatic heterocycles. The molecule has 1 atom stereocenters. The van der Waals surface area contributed by atoms with Crippen molar-refractivity contribution in [2.45, 2.75) is 71.1 Å². The summed E-state index contributed by atoms with van der Waals surface area (Å²) in [5, 5.41) is 4.38. The van der Waals surface area contributed by atoms with Gasteiger partial charge >= 0.3 is 0 Å². The number of rotatable bonds is 3. The minimum absolute atomic E-state index is 0.0239. The summed E-state index contributed by atoms with van der Waals surface area (Å²) in [6, 6.07) is 2.10. The van der Waals surface area contributed by atoms with Crippen molar-refractivity contribution in [2.24, 2.45) is 11.0 Å². The molecule has 2 aliphatic rings. The Hall–Kier alpha value is -1.16. The normalized spacial score (nSPS) is 21.9. The van der Waals surface area contributed by atoms with Crippen molar-refractivity contribution in [3.8, 4) is 0 Å². The molecule has 2 aliphatic carbocycles. The number of amides is 1. The average molecular weight is 318 g/mol. The van der Waals surface area contributed by atoms with Gasteiger partial charge in [0.1, 0.15) is 0 Å². The summed E-state index contributed by atoms with van der Waals surface area (Å²) in [6.45, 7) is 2.26. The zero-order valence-corrected chi connectivity index (χ0v) is 14.3. The highest BCUT2D eigenvalue weighted by atomic mass is 32.1. The van der Waals surface area contributed by atoms with Gasteiger partial charge in [0.2, 0.25) is 0 Å². The minimum Gasteiger partial charge on any atom is -0.266 e. The number of aryl methyl sites for hydroxylation is 1. The third-order valence-electron chi connectivity index (χ3n) is 4.98. The van der Waals surface area contributed by atoms with E-state index in [1.807, 2.05) is 0 Å². The lowest BCUT2D eigenvalue weighted by Gasteiger charge is -2.19. The van der Waals surface area contributed by atoms with Gasteiger partial charge in [0.15, 0.2) is 0 Å². The van der Waals surface area contributed by atoms with Gasteiger partial charge in [-0.05, 0) is 62.5 Å². The van der Waals surface area contributed by atoms with Crippen LogP contribution in [0.4, 0.5) is 0 Å². The molecule has 3 rings (SSSR count). The van der Waals surface area contributed by atoms with Crippen molar-refractivity contribution in [1.29, 1.82) is 0 Å². The van der Waals surface area contributed by atoms with Crippen molar-refractivity contribution in [1.82, 2.24) is 5.43 Å². The Morgan fingerprint density at radius 1 is 1.27 bits per heavy atom. The van der Waals surface area contributed by atoms with Crippen molar-refractivity contribution in [3.63, 3.8) is 0 Å². The second kappa shape index (κ2) is 7.40. The van der Waals surface area contributed by atoms with Gasteiger partial charge in [-0.3, -0.25) is 4.79 Å². The lowest BCUT2D eigenvalue weighted by atomic mass is 9.87. The summed E-state index contributed by atoms with van der Waals surface area (Å²) in [5.74, 6) is 0.772. The fourth-order valence-electron chi connectivity index (χ4n) is 3.49. The van der Waals surface area contributed by atoms with Crippen LogP contribution in [0.2, 0.25) is 0 Å². The highest BCUT2D eigenvalue weighted by Crippen LogP contribution is 2.33. The molecule has 120 valence electrons. The molecular weight excluding hydrogens is 292 g/mol.